The Hall–Kier alpha value is -3.11. The number of allylic oxidation sites excluding steroid dienone is 1. The van der Waals surface area contributed by atoms with Crippen LogP contribution >= 0.6 is 0 Å². The Morgan fingerprint density at radius 2 is 1.81 bits per heavy atom. The minimum absolute atomic E-state index is 0.168. The van der Waals surface area contributed by atoms with E-state index < -0.39 is 24.0 Å². The minimum atomic E-state index is -0.839. The average Bonchev–Trinajstić information content (AvgIpc) is 3.20. The van der Waals surface area contributed by atoms with Crippen molar-refractivity contribution in [1.82, 2.24) is 10.6 Å². The third-order valence-corrected chi connectivity index (χ3v) is 4.16. The number of benzene rings is 1. The van der Waals surface area contributed by atoms with E-state index in [-0.39, 0.29) is 11.8 Å². The molecule has 0 aromatic heterocycles. The van der Waals surface area contributed by atoms with Crippen LogP contribution in [-0.4, -0.2) is 37.0 Å². The molecule has 1 aliphatic carbocycles. The molecule has 0 radical (unpaired) electrons. The number of ether oxygens (including phenoxy) is 1. The molecule has 6 nitrogen and oxygen atoms in total. The highest BCUT2D eigenvalue weighted by molar-refractivity contribution is 6.00. The molecule has 1 aromatic carbocycles. The third kappa shape index (κ3) is 5.69. The van der Waals surface area contributed by atoms with Gasteiger partial charge in [-0.3, -0.25) is 9.59 Å². The van der Waals surface area contributed by atoms with Gasteiger partial charge in [0.15, 0.2) is 0 Å². The molecule has 0 aliphatic heterocycles. The Kier molecular flexibility index (Phi) is 7.15. The maximum absolute atomic E-state index is 12.8. The van der Waals surface area contributed by atoms with E-state index in [1.165, 1.54) is 7.11 Å². The van der Waals surface area contributed by atoms with Crippen LogP contribution in [0.15, 0.2) is 59.9 Å². The van der Waals surface area contributed by atoms with Crippen molar-refractivity contribution in [1.29, 1.82) is 0 Å². The molecule has 0 unspecified atom stereocenters. The van der Waals surface area contributed by atoms with Crippen LogP contribution in [0.5, 0.6) is 0 Å². The first kappa shape index (κ1) is 20.2. The molecule has 2 atom stereocenters. The van der Waals surface area contributed by atoms with Gasteiger partial charge in [-0.1, -0.05) is 50.3 Å². The van der Waals surface area contributed by atoms with Crippen LogP contribution < -0.4 is 10.6 Å². The lowest BCUT2D eigenvalue weighted by Crippen LogP contribution is -2.54. The van der Waals surface area contributed by atoms with Crippen molar-refractivity contribution < 1.29 is 19.1 Å². The monoisotopic (exact) mass is 368 g/mol. The summed E-state index contributed by atoms with van der Waals surface area (Å²) >= 11 is 0. The number of esters is 1. The number of carbonyl (C=O) groups excluding carboxylic acids is 3. The van der Waals surface area contributed by atoms with Crippen LogP contribution in [0.3, 0.4) is 0 Å². The second-order valence-corrected chi connectivity index (χ2v) is 6.55. The molecule has 1 aromatic rings. The number of amides is 2. The zero-order chi connectivity index (χ0) is 19.8. The standard InChI is InChI=1S/C21H24N2O4/c1-14(2)18(23-19(24)16-11-7-8-12-16)20(25)22-17(21(26)27-3)13-15-9-5-4-6-10-15/h4-11,14,17-18H,13H2,1-3H3,(H,22,25)(H,23,24)/t17-,18-/m0/s1. The molecule has 6 heteroatoms. The molecule has 0 saturated carbocycles. The van der Waals surface area contributed by atoms with Gasteiger partial charge < -0.3 is 15.4 Å². The Bertz CT molecular complexity index is 790. The number of rotatable bonds is 8. The van der Waals surface area contributed by atoms with Gasteiger partial charge in [0.1, 0.15) is 12.1 Å². The topological polar surface area (TPSA) is 84.5 Å². The highest BCUT2D eigenvalue weighted by Crippen LogP contribution is 2.09. The summed E-state index contributed by atoms with van der Waals surface area (Å²) in [5.41, 5.74) is 4.06. The number of hydrogen-bond acceptors (Lipinski definition) is 4. The summed E-state index contributed by atoms with van der Waals surface area (Å²) in [7, 11) is 1.28. The van der Waals surface area contributed by atoms with Crippen molar-refractivity contribution in [3.05, 3.63) is 65.4 Å². The third-order valence-electron chi connectivity index (χ3n) is 4.16. The van der Waals surface area contributed by atoms with Crippen molar-refractivity contribution in [2.75, 3.05) is 7.11 Å². The summed E-state index contributed by atoms with van der Waals surface area (Å²) in [6, 6.07) is 7.71. The summed E-state index contributed by atoms with van der Waals surface area (Å²) < 4.78 is 4.82. The molecule has 2 rings (SSSR count). The van der Waals surface area contributed by atoms with Gasteiger partial charge in [0, 0.05) is 6.42 Å². The Morgan fingerprint density at radius 1 is 1.11 bits per heavy atom. The van der Waals surface area contributed by atoms with Gasteiger partial charge in [-0.25, -0.2) is 4.79 Å². The Labute approximate surface area is 159 Å². The fourth-order valence-corrected chi connectivity index (χ4v) is 2.67. The molecule has 0 spiro atoms. The van der Waals surface area contributed by atoms with E-state index in [0.29, 0.717) is 12.0 Å². The average molecular weight is 368 g/mol. The molecule has 2 amide bonds. The van der Waals surface area contributed by atoms with E-state index in [0.717, 1.165) is 5.56 Å². The largest absolute Gasteiger partial charge is 0.467 e. The first-order valence-corrected chi connectivity index (χ1v) is 8.78. The van der Waals surface area contributed by atoms with E-state index in [4.69, 9.17) is 4.74 Å². The van der Waals surface area contributed by atoms with Crippen LogP contribution in [0.4, 0.5) is 0 Å². The molecule has 1 aliphatic rings. The van der Waals surface area contributed by atoms with E-state index >= 15 is 0 Å². The van der Waals surface area contributed by atoms with Crippen molar-refractivity contribution in [2.24, 2.45) is 5.92 Å². The van der Waals surface area contributed by atoms with E-state index in [9.17, 15) is 14.4 Å². The number of carbonyl (C=O) groups is 3. The molecule has 0 heterocycles. The van der Waals surface area contributed by atoms with Crippen molar-refractivity contribution in [3.8, 4) is 0 Å². The summed E-state index contributed by atoms with van der Waals surface area (Å²) in [6.45, 7) is 3.65. The second-order valence-electron chi connectivity index (χ2n) is 6.55. The van der Waals surface area contributed by atoms with Crippen LogP contribution in [0.25, 0.3) is 0 Å². The minimum Gasteiger partial charge on any atom is -0.467 e. The lowest BCUT2D eigenvalue weighted by molar-refractivity contribution is -0.145. The van der Waals surface area contributed by atoms with Crippen LogP contribution in [-0.2, 0) is 25.5 Å². The maximum Gasteiger partial charge on any atom is 0.328 e. The van der Waals surface area contributed by atoms with Gasteiger partial charge in [0.25, 0.3) is 5.91 Å². The van der Waals surface area contributed by atoms with Crippen LogP contribution in [0.2, 0.25) is 0 Å². The van der Waals surface area contributed by atoms with Crippen LogP contribution in [0.1, 0.15) is 19.4 Å². The fourth-order valence-electron chi connectivity index (χ4n) is 2.67. The summed E-state index contributed by atoms with van der Waals surface area (Å²) in [5.74, 6) is -1.52. The molecule has 0 fully saturated rings. The molecular formula is C21H24N2O4. The van der Waals surface area contributed by atoms with Gasteiger partial charge >= 0.3 is 5.97 Å². The predicted molar refractivity (Wildman–Crippen MR) is 102 cm³/mol. The van der Waals surface area contributed by atoms with E-state index in [2.05, 4.69) is 16.4 Å². The van der Waals surface area contributed by atoms with E-state index in [1.807, 2.05) is 44.2 Å². The quantitative estimate of drug-likeness (QED) is 0.540. The molecule has 2 N–H and O–H groups in total. The zero-order valence-electron chi connectivity index (χ0n) is 15.7. The molecular weight excluding hydrogens is 344 g/mol. The normalized spacial score (nSPS) is 14.4. The van der Waals surface area contributed by atoms with Crippen molar-refractivity contribution >= 4 is 17.8 Å². The predicted octanol–water partition coefficient (Wildman–Crippen LogP) is 1.68. The van der Waals surface area contributed by atoms with Gasteiger partial charge in [-0.05, 0) is 23.6 Å². The molecule has 0 saturated heterocycles. The maximum atomic E-state index is 12.8. The van der Waals surface area contributed by atoms with Crippen molar-refractivity contribution in [3.63, 3.8) is 0 Å². The Balaban J connectivity index is 2.09. The van der Waals surface area contributed by atoms with Crippen molar-refractivity contribution in [2.45, 2.75) is 32.4 Å². The van der Waals surface area contributed by atoms with Gasteiger partial charge in [-0.2, -0.15) is 0 Å². The van der Waals surface area contributed by atoms with Crippen LogP contribution in [0, 0.1) is 5.92 Å². The number of methoxy groups -OCH3 is 1. The van der Waals surface area contributed by atoms with Gasteiger partial charge in [-0.15, -0.1) is 5.73 Å². The summed E-state index contributed by atoms with van der Waals surface area (Å²) in [4.78, 5) is 37.2. The van der Waals surface area contributed by atoms with Gasteiger partial charge in [0.05, 0.1) is 12.7 Å². The number of nitrogens with one attached hydrogen (secondary N) is 2. The second kappa shape index (κ2) is 9.55. The van der Waals surface area contributed by atoms with Gasteiger partial charge in [0.2, 0.25) is 5.91 Å². The smallest absolute Gasteiger partial charge is 0.328 e. The molecule has 0 bridgehead atoms. The highest BCUT2D eigenvalue weighted by Gasteiger charge is 2.29. The molecule has 142 valence electrons. The summed E-state index contributed by atoms with van der Waals surface area (Å²) in [6.07, 6.45) is 5.25. The van der Waals surface area contributed by atoms with E-state index in [1.54, 1.807) is 18.2 Å². The first-order valence-electron chi connectivity index (χ1n) is 8.78. The first-order chi connectivity index (χ1) is 12.9. The lowest BCUT2D eigenvalue weighted by atomic mass is 10.0. The summed E-state index contributed by atoms with van der Waals surface area (Å²) in [5, 5.41) is 5.42. The molecule has 27 heavy (non-hydrogen) atoms. The number of hydrogen-bond donors (Lipinski definition) is 2. The lowest BCUT2D eigenvalue weighted by Gasteiger charge is -2.24. The SMILES string of the molecule is COC(=O)[C@H](Cc1ccccc1)NC(=O)[C@@H](NC(=O)C1=C=CC=C1)C(C)C. The Morgan fingerprint density at radius 3 is 2.37 bits per heavy atom. The zero-order valence-corrected chi connectivity index (χ0v) is 15.7. The highest BCUT2D eigenvalue weighted by atomic mass is 16.5. The fraction of sp³-hybridized carbons (Fsp3) is 0.333.